The molecule has 0 aromatic heterocycles. The fraction of sp³-hybridized carbons (Fsp3) is 0.400. The van der Waals surface area contributed by atoms with Crippen LogP contribution in [0.5, 0.6) is 5.75 Å². The van der Waals surface area contributed by atoms with Gasteiger partial charge in [-0.1, -0.05) is 0 Å². The van der Waals surface area contributed by atoms with Crippen LogP contribution in [0.1, 0.15) is 18.9 Å². The van der Waals surface area contributed by atoms with Crippen LogP contribution in [0, 0.1) is 0 Å². The molecule has 7 heteroatoms. The maximum absolute atomic E-state index is 11.4. The first-order valence-electron chi connectivity index (χ1n) is 7.00. The SMILES string of the molecule is CCOc1ccc(/C=N/NC(=O)C(=O)NCCCOC)cc1. The molecule has 1 aromatic rings. The van der Waals surface area contributed by atoms with Crippen molar-refractivity contribution in [1.29, 1.82) is 0 Å². The van der Waals surface area contributed by atoms with E-state index in [2.05, 4.69) is 15.8 Å². The number of carbonyl (C=O) groups is 2. The van der Waals surface area contributed by atoms with E-state index < -0.39 is 11.8 Å². The van der Waals surface area contributed by atoms with Crippen LogP contribution in [0.25, 0.3) is 0 Å². The van der Waals surface area contributed by atoms with Gasteiger partial charge in [0.2, 0.25) is 0 Å². The van der Waals surface area contributed by atoms with Gasteiger partial charge in [0.25, 0.3) is 0 Å². The molecule has 1 rings (SSSR count). The lowest BCUT2D eigenvalue weighted by Gasteiger charge is -2.03. The summed E-state index contributed by atoms with van der Waals surface area (Å²) < 4.78 is 10.2. The standard InChI is InChI=1S/C15H21N3O4/c1-3-22-13-7-5-12(6-8-13)11-17-18-15(20)14(19)16-9-4-10-21-2/h5-8,11H,3-4,9-10H2,1-2H3,(H,16,19)(H,18,20)/b17-11+. The van der Waals surface area contributed by atoms with E-state index in [0.717, 1.165) is 11.3 Å². The quantitative estimate of drug-likeness (QED) is 0.320. The number of methoxy groups -OCH3 is 1. The normalized spacial score (nSPS) is 10.5. The predicted molar refractivity (Wildman–Crippen MR) is 82.9 cm³/mol. The van der Waals surface area contributed by atoms with Crippen molar-refractivity contribution in [3.63, 3.8) is 0 Å². The first-order valence-corrected chi connectivity index (χ1v) is 7.00. The molecule has 0 saturated heterocycles. The number of rotatable bonds is 8. The Bertz CT molecular complexity index is 500. The molecular weight excluding hydrogens is 286 g/mol. The van der Waals surface area contributed by atoms with Crippen LogP contribution in [0.4, 0.5) is 0 Å². The molecule has 0 heterocycles. The van der Waals surface area contributed by atoms with Gasteiger partial charge in [0.05, 0.1) is 12.8 Å². The van der Waals surface area contributed by atoms with Gasteiger partial charge in [-0.3, -0.25) is 9.59 Å². The molecule has 0 unspecified atom stereocenters. The zero-order chi connectivity index (χ0) is 16.2. The Morgan fingerprint density at radius 1 is 1.23 bits per heavy atom. The minimum atomic E-state index is -0.806. The summed E-state index contributed by atoms with van der Waals surface area (Å²) in [5.41, 5.74) is 2.95. The van der Waals surface area contributed by atoms with Gasteiger partial charge in [0.15, 0.2) is 0 Å². The Labute approximate surface area is 129 Å². The molecule has 0 spiro atoms. The van der Waals surface area contributed by atoms with Crippen molar-refractivity contribution >= 4 is 18.0 Å². The Morgan fingerprint density at radius 2 is 1.95 bits per heavy atom. The maximum atomic E-state index is 11.4. The summed E-state index contributed by atoms with van der Waals surface area (Å²) in [5.74, 6) is -0.765. The summed E-state index contributed by atoms with van der Waals surface area (Å²) in [4.78, 5) is 22.9. The molecular formula is C15H21N3O4. The second kappa shape index (κ2) is 10.3. The van der Waals surface area contributed by atoms with Gasteiger partial charge in [-0.2, -0.15) is 5.10 Å². The van der Waals surface area contributed by atoms with Crippen molar-refractivity contribution in [3.8, 4) is 5.75 Å². The van der Waals surface area contributed by atoms with Gasteiger partial charge in [-0.15, -0.1) is 0 Å². The van der Waals surface area contributed by atoms with Gasteiger partial charge < -0.3 is 14.8 Å². The minimum Gasteiger partial charge on any atom is -0.494 e. The molecule has 0 atom stereocenters. The van der Waals surface area contributed by atoms with Gasteiger partial charge in [-0.25, -0.2) is 5.43 Å². The van der Waals surface area contributed by atoms with Gasteiger partial charge in [0, 0.05) is 20.3 Å². The van der Waals surface area contributed by atoms with Crippen LogP contribution in [-0.2, 0) is 14.3 Å². The summed E-state index contributed by atoms with van der Waals surface area (Å²) in [5, 5.41) is 6.20. The number of amides is 2. The smallest absolute Gasteiger partial charge is 0.329 e. The number of ether oxygens (including phenoxy) is 2. The van der Waals surface area contributed by atoms with Crippen LogP contribution in [0.2, 0.25) is 0 Å². The third-order valence-corrected chi connectivity index (χ3v) is 2.59. The van der Waals surface area contributed by atoms with Gasteiger partial charge >= 0.3 is 11.8 Å². The average molecular weight is 307 g/mol. The lowest BCUT2D eigenvalue weighted by molar-refractivity contribution is -0.139. The van der Waals surface area contributed by atoms with Crippen molar-refractivity contribution in [2.45, 2.75) is 13.3 Å². The molecule has 0 saturated carbocycles. The fourth-order valence-electron chi connectivity index (χ4n) is 1.53. The molecule has 0 aliphatic carbocycles. The number of nitrogens with one attached hydrogen (secondary N) is 2. The average Bonchev–Trinajstić information content (AvgIpc) is 2.53. The van der Waals surface area contributed by atoms with Crippen molar-refractivity contribution in [2.75, 3.05) is 26.9 Å². The topological polar surface area (TPSA) is 89.0 Å². The molecule has 1 aromatic carbocycles. The molecule has 0 fully saturated rings. The zero-order valence-corrected chi connectivity index (χ0v) is 12.8. The van der Waals surface area contributed by atoms with E-state index in [1.165, 1.54) is 6.21 Å². The highest BCUT2D eigenvalue weighted by molar-refractivity contribution is 6.35. The Hall–Kier alpha value is -2.41. The Kier molecular flexibility index (Phi) is 8.29. The largest absolute Gasteiger partial charge is 0.494 e. The van der Waals surface area contributed by atoms with Crippen LogP contribution < -0.4 is 15.5 Å². The minimum absolute atomic E-state index is 0.378. The first-order chi connectivity index (χ1) is 10.7. The second-order valence-corrected chi connectivity index (χ2v) is 4.30. The molecule has 22 heavy (non-hydrogen) atoms. The fourth-order valence-corrected chi connectivity index (χ4v) is 1.53. The van der Waals surface area contributed by atoms with Crippen LogP contribution in [-0.4, -0.2) is 44.9 Å². The highest BCUT2D eigenvalue weighted by Crippen LogP contribution is 2.10. The Balaban J connectivity index is 2.34. The van der Waals surface area contributed by atoms with E-state index in [0.29, 0.717) is 26.2 Å². The van der Waals surface area contributed by atoms with E-state index in [4.69, 9.17) is 9.47 Å². The molecule has 120 valence electrons. The molecule has 7 nitrogen and oxygen atoms in total. The molecule has 0 radical (unpaired) electrons. The van der Waals surface area contributed by atoms with Crippen LogP contribution >= 0.6 is 0 Å². The van der Waals surface area contributed by atoms with E-state index in [9.17, 15) is 9.59 Å². The first kappa shape index (κ1) is 17.6. The van der Waals surface area contributed by atoms with E-state index in [1.807, 2.05) is 6.92 Å². The molecule has 2 N–H and O–H groups in total. The monoisotopic (exact) mass is 307 g/mol. The zero-order valence-electron chi connectivity index (χ0n) is 12.8. The lowest BCUT2D eigenvalue weighted by Crippen LogP contribution is -2.38. The molecule has 0 aliphatic heterocycles. The van der Waals surface area contributed by atoms with Crippen molar-refractivity contribution in [3.05, 3.63) is 29.8 Å². The summed E-state index contributed by atoms with van der Waals surface area (Å²) in [7, 11) is 1.57. The van der Waals surface area contributed by atoms with Crippen molar-refractivity contribution < 1.29 is 19.1 Å². The third-order valence-electron chi connectivity index (χ3n) is 2.59. The van der Waals surface area contributed by atoms with E-state index in [-0.39, 0.29) is 0 Å². The molecule has 0 bridgehead atoms. The summed E-state index contributed by atoms with van der Waals surface area (Å²) >= 11 is 0. The van der Waals surface area contributed by atoms with Gasteiger partial charge in [-0.05, 0) is 43.2 Å². The lowest BCUT2D eigenvalue weighted by atomic mass is 10.2. The summed E-state index contributed by atoms with van der Waals surface area (Å²) in [6.07, 6.45) is 2.09. The molecule has 2 amide bonds. The Morgan fingerprint density at radius 3 is 2.59 bits per heavy atom. The third kappa shape index (κ3) is 6.85. The number of hydrogen-bond donors (Lipinski definition) is 2. The number of benzene rings is 1. The van der Waals surface area contributed by atoms with Crippen molar-refractivity contribution in [2.24, 2.45) is 5.10 Å². The highest BCUT2D eigenvalue weighted by atomic mass is 16.5. The number of nitrogens with zero attached hydrogens (tertiary/aromatic N) is 1. The van der Waals surface area contributed by atoms with E-state index in [1.54, 1.807) is 31.4 Å². The maximum Gasteiger partial charge on any atom is 0.329 e. The van der Waals surface area contributed by atoms with Crippen molar-refractivity contribution in [1.82, 2.24) is 10.7 Å². The number of carbonyl (C=O) groups excluding carboxylic acids is 2. The van der Waals surface area contributed by atoms with E-state index >= 15 is 0 Å². The second-order valence-electron chi connectivity index (χ2n) is 4.30. The highest BCUT2D eigenvalue weighted by Gasteiger charge is 2.11. The van der Waals surface area contributed by atoms with Crippen LogP contribution in [0.3, 0.4) is 0 Å². The summed E-state index contributed by atoms with van der Waals surface area (Å²) in [6, 6.07) is 7.20. The molecule has 0 aliphatic rings. The van der Waals surface area contributed by atoms with Gasteiger partial charge in [0.1, 0.15) is 5.75 Å². The predicted octanol–water partition coefficient (Wildman–Crippen LogP) is 0.688. The number of hydrazone groups is 1. The van der Waals surface area contributed by atoms with Crippen LogP contribution in [0.15, 0.2) is 29.4 Å². The summed E-state index contributed by atoms with van der Waals surface area (Å²) in [6.45, 7) is 3.41. The number of hydrogen-bond acceptors (Lipinski definition) is 5.